The zero-order valence-electron chi connectivity index (χ0n) is 13.0. The second-order valence-corrected chi connectivity index (χ2v) is 6.78. The number of likely N-dealkylation sites (N-methyl/N-ethyl adjacent to an activating group) is 1. The summed E-state index contributed by atoms with van der Waals surface area (Å²) in [6.07, 6.45) is 3.83. The summed E-state index contributed by atoms with van der Waals surface area (Å²) in [5.41, 5.74) is 1.36. The zero-order chi connectivity index (χ0) is 15.7. The lowest BCUT2D eigenvalue weighted by Crippen LogP contribution is -2.48. The molecule has 6 nitrogen and oxygen atoms in total. The molecule has 0 radical (unpaired) electrons. The fourth-order valence-electron chi connectivity index (χ4n) is 2.95. The molecule has 1 aromatic rings. The van der Waals surface area contributed by atoms with Crippen LogP contribution in [-0.2, 0) is 17.6 Å². The second-order valence-electron chi connectivity index (χ2n) is 5.78. The van der Waals surface area contributed by atoms with Crippen molar-refractivity contribution in [3.8, 4) is 0 Å². The van der Waals surface area contributed by atoms with Crippen molar-refractivity contribution in [2.75, 3.05) is 25.2 Å². The maximum Gasteiger partial charge on any atom is 0.277 e. The third kappa shape index (κ3) is 2.62. The molecule has 1 fully saturated rings. The first-order valence-corrected chi connectivity index (χ1v) is 8.90. The van der Waals surface area contributed by atoms with E-state index in [0.29, 0.717) is 23.9 Å². The number of nitrogens with zero attached hydrogens (tertiary/aromatic N) is 3. The molecule has 22 heavy (non-hydrogen) atoms. The standard InChI is InChI=1S/C15H21N3O3S/c1-3-17(2)14(19)11-8-22-9-18(11)15(20)13-10-6-4-5-7-12(10)21-16-13/h11H,3-9H2,1-2H3/t11-/m1/s1. The Morgan fingerprint density at radius 2 is 2.18 bits per heavy atom. The van der Waals surface area contributed by atoms with Gasteiger partial charge >= 0.3 is 0 Å². The van der Waals surface area contributed by atoms with Crippen LogP contribution in [0.5, 0.6) is 0 Å². The molecule has 3 rings (SSSR count). The normalized spacial score (nSPS) is 20.8. The van der Waals surface area contributed by atoms with Crippen LogP contribution in [0.1, 0.15) is 41.6 Å². The maximum absolute atomic E-state index is 12.8. The Balaban J connectivity index is 1.82. The molecular formula is C15H21N3O3S. The largest absolute Gasteiger partial charge is 0.360 e. The molecule has 2 heterocycles. The first-order valence-electron chi connectivity index (χ1n) is 7.74. The number of aromatic nitrogens is 1. The number of rotatable bonds is 3. The van der Waals surface area contributed by atoms with Gasteiger partial charge in [0.15, 0.2) is 5.69 Å². The van der Waals surface area contributed by atoms with Crippen LogP contribution in [0.15, 0.2) is 4.52 Å². The van der Waals surface area contributed by atoms with Crippen LogP contribution < -0.4 is 0 Å². The van der Waals surface area contributed by atoms with Gasteiger partial charge in [-0.15, -0.1) is 11.8 Å². The molecule has 1 aromatic heterocycles. The van der Waals surface area contributed by atoms with E-state index in [9.17, 15) is 9.59 Å². The van der Waals surface area contributed by atoms with Gasteiger partial charge in [0.2, 0.25) is 5.91 Å². The van der Waals surface area contributed by atoms with Crippen molar-refractivity contribution < 1.29 is 14.1 Å². The smallest absolute Gasteiger partial charge is 0.277 e. The van der Waals surface area contributed by atoms with Crippen LogP contribution in [0.2, 0.25) is 0 Å². The van der Waals surface area contributed by atoms with Crippen molar-refractivity contribution in [1.29, 1.82) is 0 Å². The molecule has 0 unspecified atom stereocenters. The van der Waals surface area contributed by atoms with Crippen LogP contribution in [0.3, 0.4) is 0 Å². The van der Waals surface area contributed by atoms with Gasteiger partial charge in [-0.1, -0.05) is 5.16 Å². The summed E-state index contributed by atoms with van der Waals surface area (Å²) in [5, 5.41) is 4.00. The minimum atomic E-state index is -0.390. The Hall–Kier alpha value is -1.50. The van der Waals surface area contributed by atoms with Crippen LogP contribution in [0.4, 0.5) is 0 Å². The highest BCUT2D eigenvalue weighted by atomic mass is 32.2. The quantitative estimate of drug-likeness (QED) is 0.844. The maximum atomic E-state index is 12.8. The van der Waals surface area contributed by atoms with Crippen LogP contribution >= 0.6 is 11.8 Å². The highest BCUT2D eigenvalue weighted by Gasteiger charge is 2.38. The molecule has 1 atom stereocenters. The monoisotopic (exact) mass is 323 g/mol. The summed E-state index contributed by atoms with van der Waals surface area (Å²) in [6, 6.07) is -0.390. The molecule has 0 bridgehead atoms. The van der Waals surface area contributed by atoms with Gasteiger partial charge in [0.05, 0.1) is 5.88 Å². The summed E-state index contributed by atoms with van der Waals surface area (Å²) in [4.78, 5) is 28.6. The molecule has 0 spiro atoms. The van der Waals surface area contributed by atoms with E-state index in [0.717, 1.165) is 37.0 Å². The predicted octanol–water partition coefficient (Wildman–Crippen LogP) is 1.55. The number of fused-ring (bicyclic) bond motifs is 1. The van der Waals surface area contributed by atoms with Gasteiger partial charge in [-0.25, -0.2) is 0 Å². The van der Waals surface area contributed by atoms with E-state index >= 15 is 0 Å². The minimum absolute atomic E-state index is 0.00166. The average Bonchev–Trinajstić information content (AvgIpc) is 3.19. The fraction of sp³-hybridized carbons (Fsp3) is 0.667. The SMILES string of the molecule is CCN(C)C(=O)[C@H]1CSCN1C(=O)c1noc2c1CCCC2. The molecule has 2 aliphatic rings. The lowest BCUT2D eigenvalue weighted by atomic mass is 9.96. The lowest BCUT2D eigenvalue weighted by Gasteiger charge is -2.26. The molecule has 0 N–H and O–H groups in total. The number of amides is 2. The third-order valence-electron chi connectivity index (χ3n) is 4.43. The van der Waals surface area contributed by atoms with Crippen molar-refractivity contribution in [3.05, 3.63) is 17.0 Å². The van der Waals surface area contributed by atoms with E-state index in [2.05, 4.69) is 5.16 Å². The van der Waals surface area contributed by atoms with Crippen molar-refractivity contribution in [2.45, 2.75) is 38.6 Å². The van der Waals surface area contributed by atoms with Crippen molar-refractivity contribution in [3.63, 3.8) is 0 Å². The van der Waals surface area contributed by atoms with E-state index in [1.165, 1.54) is 0 Å². The summed E-state index contributed by atoms with van der Waals surface area (Å²) in [7, 11) is 1.77. The Kier molecular flexibility index (Phi) is 4.42. The number of carbonyl (C=O) groups excluding carboxylic acids is 2. The minimum Gasteiger partial charge on any atom is -0.360 e. The van der Waals surface area contributed by atoms with Gasteiger partial charge in [-0.05, 0) is 26.2 Å². The number of hydrogen-bond acceptors (Lipinski definition) is 5. The predicted molar refractivity (Wildman–Crippen MR) is 83.7 cm³/mol. The Morgan fingerprint density at radius 3 is 2.95 bits per heavy atom. The summed E-state index contributed by atoms with van der Waals surface area (Å²) in [6.45, 7) is 2.57. The van der Waals surface area contributed by atoms with E-state index in [1.807, 2.05) is 6.92 Å². The molecule has 1 aliphatic heterocycles. The van der Waals surface area contributed by atoms with Gasteiger partial charge in [-0.3, -0.25) is 9.59 Å². The summed E-state index contributed by atoms with van der Waals surface area (Å²) >= 11 is 1.61. The number of hydrogen-bond donors (Lipinski definition) is 0. The van der Waals surface area contributed by atoms with Crippen LogP contribution in [0.25, 0.3) is 0 Å². The first kappa shape index (κ1) is 15.4. The highest BCUT2D eigenvalue weighted by Crippen LogP contribution is 2.29. The van der Waals surface area contributed by atoms with Gasteiger partial charge < -0.3 is 14.3 Å². The molecule has 1 saturated heterocycles. The topological polar surface area (TPSA) is 66.7 Å². The molecule has 120 valence electrons. The Morgan fingerprint density at radius 1 is 1.41 bits per heavy atom. The third-order valence-corrected chi connectivity index (χ3v) is 5.44. The average molecular weight is 323 g/mol. The van der Waals surface area contributed by atoms with Crippen LogP contribution in [-0.4, -0.2) is 58.0 Å². The molecule has 0 saturated carbocycles. The zero-order valence-corrected chi connectivity index (χ0v) is 13.8. The molecule has 7 heteroatoms. The van der Waals surface area contributed by atoms with E-state index in [-0.39, 0.29) is 11.8 Å². The number of carbonyl (C=O) groups is 2. The van der Waals surface area contributed by atoms with Gasteiger partial charge in [0.1, 0.15) is 11.8 Å². The molecule has 1 aliphatic carbocycles. The summed E-state index contributed by atoms with van der Waals surface area (Å²) < 4.78 is 5.33. The number of aryl methyl sites for hydroxylation is 1. The first-order chi connectivity index (χ1) is 10.6. The fourth-order valence-corrected chi connectivity index (χ4v) is 4.09. The second kappa shape index (κ2) is 6.32. The Labute approximate surface area is 134 Å². The summed E-state index contributed by atoms with van der Waals surface area (Å²) in [5.74, 6) is 1.86. The van der Waals surface area contributed by atoms with Gasteiger partial charge in [-0.2, -0.15) is 0 Å². The molecular weight excluding hydrogens is 302 g/mol. The van der Waals surface area contributed by atoms with Gasteiger partial charge in [0, 0.05) is 31.3 Å². The number of thioether (sulfide) groups is 1. The van der Waals surface area contributed by atoms with E-state index in [4.69, 9.17) is 4.52 Å². The van der Waals surface area contributed by atoms with Crippen molar-refractivity contribution in [1.82, 2.24) is 15.0 Å². The van der Waals surface area contributed by atoms with E-state index in [1.54, 1.807) is 28.6 Å². The van der Waals surface area contributed by atoms with Crippen molar-refractivity contribution in [2.24, 2.45) is 0 Å². The lowest BCUT2D eigenvalue weighted by molar-refractivity contribution is -0.133. The van der Waals surface area contributed by atoms with Crippen LogP contribution in [0, 0.1) is 0 Å². The van der Waals surface area contributed by atoms with Gasteiger partial charge in [0.25, 0.3) is 5.91 Å². The highest BCUT2D eigenvalue weighted by molar-refractivity contribution is 7.99. The molecule has 0 aromatic carbocycles. The Bertz CT molecular complexity index is 587. The molecule has 2 amide bonds. The van der Waals surface area contributed by atoms with E-state index < -0.39 is 6.04 Å². The van der Waals surface area contributed by atoms with Crippen molar-refractivity contribution >= 4 is 23.6 Å².